The van der Waals surface area contributed by atoms with Crippen LogP contribution in [0.5, 0.6) is 0 Å². The Morgan fingerprint density at radius 3 is 2.57 bits per heavy atom. The molecule has 3 fully saturated rings. The molecule has 0 aromatic rings. The highest BCUT2D eigenvalue weighted by atomic mass is 35.5. The van der Waals surface area contributed by atoms with Crippen LogP contribution in [0.2, 0.25) is 0 Å². The van der Waals surface area contributed by atoms with Crippen LogP contribution in [0.4, 0.5) is 4.39 Å². The lowest BCUT2D eigenvalue weighted by Gasteiger charge is -2.62. The number of rotatable bonds is 0. The maximum absolute atomic E-state index is 15.5. The lowest BCUT2D eigenvalue weighted by molar-refractivity contribution is -0.136. The largest absolute Gasteiger partial charge is 0.299 e. The summed E-state index contributed by atoms with van der Waals surface area (Å²) in [6.45, 7) is 4.00. The standard InChI is InChI=1S/C19H24ClFO2/c1-17-10-15(21)19(20)14(13(17)5-6-16(17)23)4-3-11-9-12(22)7-8-18(11,19)2/h9,13-15H,3-8,10H2,1-2H3/t13-,14-,15-,17-,18-,19-/m0/s1. The van der Waals surface area contributed by atoms with Crippen LogP contribution in [0, 0.1) is 22.7 Å². The van der Waals surface area contributed by atoms with Crippen molar-refractivity contribution in [2.45, 2.75) is 69.8 Å². The van der Waals surface area contributed by atoms with Crippen LogP contribution in [-0.4, -0.2) is 22.6 Å². The van der Waals surface area contributed by atoms with Gasteiger partial charge in [0.2, 0.25) is 0 Å². The second-order valence-corrected chi connectivity index (χ2v) is 9.16. The van der Waals surface area contributed by atoms with E-state index < -0.39 is 21.9 Å². The van der Waals surface area contributed by atoms with Gasteiger partial charge >= 0.3 is 0 Å². The van der Waals surface area contributed by atoms with Gasteiger partial charge in [-0.15, -0.1) is 11.6 Å². The van der Waals surface area contributed by atoms with E-state index in [-0.39, 0.29) is 29.8 Å². The molecule has 4 aliphatic carbocycles. The number of halogens is 2. The molecule has 0 radical (unpaired) electrons. The maximum atomic E-state index is 15.5. The molecule has 0 unspecified atom stereocenters. The SMILES string of the molecule is C[C@]12CCC(=O)C=C1CC[C@H]1[C@@H]3CCC(=O)[C@@]3(C)C[C@H](F)[C@@]12Cl. The van der Waals surface area contributed by atoms with E-state index in [1.54, 1.807) is 6.08 Å². The summed E-state index contributed by atoms with van der Waals surface area (Å²) in [6, 6.07) is 0. The molecule has 3 saturated carbocycles. The van der Waals surface area contributed by atoms with Crippen molar-refractivity contribution < 1.29 is 14.0 Å². The van der Waals surface area contributed by atoms with Crippen molar-refractivity contribution in [3.63, 3.8) is 0 Å². The van der Waals surface area contributed by atoms with Gasteiger partial charge < -0.3 is 0 Å². The number of allylic oxidation sites excluding steroid dienone is 1. The molecule has 0 aromatic carbocycles. The Morgan fingerprint density at radius 2 is 1.83 bits per heavy atom. The fourth-order valence-electron chi connectivity index (χ4n) is 6.28. The van der Waals surface area contributed by atoms with E-state index in [9.17, 15) is 9.59 Å². The van der Waals surface area contributed by atoms with Crippen LogP contribution < -0.4 is 0 Å². The molecule has 0 aliphatic heterocycles. The average Bonchev–Trinajstić information content (AvgIpc) is 2.77. The van der Waals surface area contributed by atoms with Gasteiger partial charge in [-0.05, 0) is 50.0 Å². The number of alkyl halides is 2. The van der Waals surface area contributed by atoms with Gasteiger partial charge in [0.15, 0.2) is 5.78 Å². The van der Waals surface area contributed by atoms with Crippen LogP contribution in [0.3, 0.4) is 0 Å². The summed E-state index contributed by atoms with van der Waals surface area (Å²) in [6.07, 6.45) is 4.88. The highest BCUT2D eigenvalue weighted by Crippen LogP contribution is 2.69. The van der Waals surface area contributed by atoms with Crippen molar-refractivity contribution in [3.8, 4) is 0 Å². The molecule has 0 saturated heterocycles. The second kappa shape index (κ2) is 4.68. The zero-order chi connectivity index (χ0) is 16.6. The number of fused-ring (bicyclic) bond motifs is 5. The van der Waals surface area contributed by atoms with Crippen molar-refractivity contribution in [1.82, 2.24) is 0 Å². The van der Waals surface area contributed by atoms with Gasteiger partial charge in [-0.1, -0.05) is 19.4 Å². The van der Waals surface area contributed by atoms with Crippen LogP contribution in [0.1, 0.15) is 58.8 Å². The Labute approximate surface area is 141 Å². The molecule has 0 bridgehead atoms. The van der Waals surface area contributed by atoms with Crippen LogP contribution in [0.15, 0.2) is 11.6 Å². The van der Waals surface area contributed by atoms with Gasteiger partial charge in [-0.2, -0.15) is 0 Å². The molecule has 4 aliphatic rings. The van der Waals surface area contributed by atoms with Crippen LogP contribution in [0.25, 0.3) is 0 Å². The molecule has 4 rings (SSSR count). The van der Waals surface area contributed by atoms with E-state index >= 15 is 4.39 Å². The molecular formula is C19H24ClFO2. The third kappa shape index (κ3) is 1.75. The molecule has 6 atom stereocenters. The number of hydrogen-bond acceptors (Lipinski definition) is 2. The molecule has 126 valence electrons. The van der Waals surface area contributed by atoms with Gasteiger partial charge in [0.05, 0.1) is 4.87 Å². The van der Waals surface area contributed by atoms with E-state index in [1.165, 1.54) is 0 Å². The third-order valence-corrected chi connectivity index (χ3v) is 8.64. The number of ketones is 2. The molecule has 0 amide bonds. The van der Waals surface area contributed by atoms with Crippen LogP contribution >= 0.6 is 11.6 Å². The number of carbonyl (C=O) groups is 2. The van der Waals surface area contributed by atoms with E-state index in [4.69, 9.17) is 11.6 Å². The van der Waals surface area contributed by atoms with Gasteiger partial charge in [-0.25, -0.2) is 4.39 Å². The Balaban J connectivity index is 1.83. The highest BCUT2D eigenvalue weighted by Gasteiger charge is 2.69. The lowest BCUT2D eigenvalue weighted by Crippen LogP contribution is -2.65. The summed E-state index contributed by atoms with van der Waals surface area (Å²) >= 11 is 7.13. The highest BCUT2D eigenvalue weighted by molar-refractivity contribution is 6.26. The predicted octanol–water partition coefficient (Wildman–Crippen LogP) is 4.40. The minimum Gasteiger partial charge on any atom is -0.299 e. The molecule has 0 N–H and O–H groups in total. The average molecular weight is 339 g/mol. The first-order valence-corrected chi connectivity index (χ1v) is 9.21. The number of Topliss-reactive ketones (excluding diaryl/α,β-unsaturated/α-hetero) is 1. The predicted molar refractivity (Wildman–Crippen MR) is 87.1 cm³/mol. The van der Waals surface area contributed by atoms with E-state index in [0.29, 0.717) is 19.3 Å². The topological polar surface area (TPSA) is 34.1 Å². The first-order chi connectivity index (χ1) is 10.7. The van der Waals surface area contributed by atoms with Gasteiger partial charge in [0.1, 0.15) is 12.0 Å². The first-order valence-electron chi connectivity index (χ1n) is 8.83. The summed E-state index contributed by atoms with van der Waals surface area (Å²) in [5, 5.41) is 0. The first kappa shape index (κ1) is 15.8. The summed E-state index contributed by atoms with van der Waals surface area (Å²) in [4.78, 5) is 23.3. The fourth-order valence-corrected chi connectivity index (χ4v) is 6.83. The van der Waals surface area contributed by atoms with E-state index in [0.717, 1.165) is 24.8 Å². The summed E-state index contributed by atoms with van der Waals surface area (Å²) in [5.74, 6) is 0.577. The quantitative estimate of drug-likeness (QED) is 0.613. The number of carbonyl (C=O) groups excluding carboxylic acids is 2. The molecule has 2 nitrogen and oxygen atoms in total. The molecule has 4 heteroatoms. The second-order valence-electron chi connectivity index (χ2n) is 8.54. The third-order valence-electron chi connectivity index (χ3n) is 7.71. The van der Waals surface area contributed by atoms with E-state index in [1.807, 2.05) is 6.92 Å². The minimum atomic E-state index is -1.20. The van der Waals surface area contributed by atoms with Crippen molar-refractivity contribution in [2.24, 2.45) is 22.7 Å². The Bertz CT molecular complexity index is 629. The Hall–Kier alpha value is -0.700. The number of hydrogen-bond donors (Lipinski definition) is 0. The molecule has 0 aromatic heterocycles. The van der Waals surface area contributed by atoms with Crippen molar-refractivity contribution >= 4 is 23.2 Å². The van der Waals surface area contributed by atoms with E-state index in [2.05, 4.69) is 6.92 Å². The van der Waals surface area contributed by atoms with Crippen LogP contribution in [-0.2, 0) is 9.59 Å². The summed E-state index contributed by atoms with van der Waals surface area (Å²) in [5.41, 5.74) is 0.0399. The Morgan fingerprint density at radius 1 is 1.13 bits per heavy atom. The fraction of sp³-hybridized carbons (Fsp3) is 0.789. The summed E-state index contributed by atoms with van der Waals surface area (Å²) in [7, 11) is 0. The lowest BCUT2D eigenvalue weighted by atomic mass is 9.46. The molecule has 0 heterocycles. The maximum Gasteiger partial charge on any atom is 0.155 e. The van der Waals surface area contributed by atoms with Crippen molar-refractivity contribution in [2.75, 3.05) is 0 Å². The zero-order valence-electron chi connectivity index (χ0n) is 13.8. The smallest absolute Gasteiger partial charge is 0.155 e. The zero-order valence-corrected chi connectivity index (χ0v) is 14.6. The monoisotopic (exact) mass is 338 g/mol. The Kier molecular flexibility index (Phi) is 3.22. The normalized spacial score (nSPS) is 52.5. The van der Waals surface area contributed by atoms with Gasteiger partial charge in [-0.3, -0.25) is 9.59 Å². The molecular weight excluding hydrogens is 315 g/mol. The van der Waals surface area contributed by atoms with Gasteiger partial charge in [0.25, 0.3) is 0 Å². The minimum absolute atomic E-state index is 0.0275. The van der Waals surface area contributed by atoms with Crippen molar-refractivity contribution in [3.05, 3.63) is 11.6 Å². The summed E-state index contributed by atoms with van der Waals surface area (Å²) < 4.78 is 15.5. The van der Waals surface area contributed by atoms with Gasteiger partial charge in [0, 0.05) is 23.7 Å². The molecule has 23 heavy (non-hydrogen) atoms. The van der Waals surface area contributed by atoms with Crippen molar-refractivity contribution in [1.29, 1.82) is 0 Å². The molecule has 0 spiro atoms.